The SMILES string of the molecule is CCn1cc(Br)c(CN(C)C(=O)/C=C/c2ccc(OC)cc2)n1. The van der Waals surface area contributed by atoms with E-state index in [1.165, 1.54) is 0 Å². The molecule has 0 aliphatic carbocycles. The Morgan fingerprint density at radius 2 is 2.09 bits per heavy atom. The number of ether oxygens (including phenoxy) is 1. The van der Waals surface area contributed by atoms with E-state index in [1.807, 2.05) is 42.1 Å². The molecule has 6 heteroatoms. The van der Waals surface area contributed by atoms with Gasteiger partial charge in [0.05, 0.1) is 23.8 Å². The van der Waals surface area contributed by atoms with E-state index in [9.17, 15) is 4.79 Å². The Hall–Kier alpha value is -2.08. The lowest BCUT2D eigenvalue weighted by Crippen LogP contribution is -2.24. The van der Waals surface area contributed by atoms with Crippen molar-refractivity contribution in [2.45, 2.75) is 20.0 Å². The van der Waals surface area contributed by atoms with Gasteiger partial charge in [-0.05, 0) is 46.6 Å². The van der Waals surface area contributed by atoms with Crippen molar-refractivity contribution in [3.63, 3.8) is 0 Å². The summed E-state index contributed by atoms with van der Waals surface area (Å²) < 4.78 is 7.86. The van der Waals surface area contributed by atoms with Crippen molar-refractivity contribution >= 4 is 27.9 Å². The molecular formula is C17H20BrN3O2. The van der Waals surface area contributed by atoms with Crippen molar-refractivity contribution in [1.82, 2.24) is 14.7 Å². The number of halogens is 1. The van der Waals surface area contributed by atoms with Crippen LogP contribution in [-0.2, 0) is 17.9 Å². The van der Waals surface area contributed by atoms with E-state index in [0.717, 1.165) is 28.0 Å². The molecule has 0 N–H and O–H groups in total. The van der Waals surface area contributed by atoms with Gasteiger partial charge in [0.1, 0.15) is 5.75 Å². The van der Waals surface area contributed by atoms with Gasteiger partial charge in [0, 0.05) is 25.9 Å². The number of rotatable bonds is 6. The number of hydrogen-bond donors (Lipinski definition) is 0. The van der Waals surface area contributed by atoms with Crippen LogP contribution in [0.1, 0.15) is 18.2 Å². The molecule has 0 unspecified atom stereocenters. The zero-order chi connectivity index (χ0) is 16.8. The number of nitrogens with zero attached hydrogens (tertiary/aromatic N) is 3. The summed E-state index contributed by atoms with van der Waals surface area (Å²) in [5.41, 5.74) is 1.80. The van der Waals surface area contributed by atoms with Gasteiger partial charge < -0.3 is 9.64 Å². The Labute approximate surface area is 144 Å². The third-order valence-electron chi connectivity index (χ3n) is 3.41. The lowest BCUT2D eigenvalue weighted by Gasteiger charge is -2.13. The van der Waals surface area contributed by atoms with E-state index < -0.39 is 0 Å². The summed E-state index contributed by atoms with van der Waals surface area (Å²) in [5.74, 6) is 0.723. The van der Waals surface area contributed by atoms with Gasteiger partial charge in [-0.3, -0.25) is 9.48 Å². The van der Waals surface area contributed by atoms with E-state index in [-0.39, 0.29) is 5.91 Å². The van der Waals surface area contributed by atoms with E-state index in [4.69, 9.17) is 4.74 Å². The predicted octanol–water partition coefficient (Wildman–Crippen LogP) is 3.35. The van der Waals surface area contributed by atoms with Gasteiger partial charge in [-0.15, -0.1) is 0 Å². The van der Waals surface area contributed by atoms with Gasteiger partial charge in [-0.2, -0.15) is 5.10 Å². The van der Waals surface area contributed by atoms with Crippen LogP contribution in [0.4, 0.5) is 0 Å². The van der Waals surface area contributed by atoms with Crippen LogP contribution < -0.4 is 4.74 Å². The summed E-state index contributed by atoms with van der Waals surface area (Å²) in [6.45, 7) is 3.28. The maximum atomic E-state index is 12.2. The van der Waals surface area contributed by atoms with E-state index in [2.05, 4.69) is 21.0 Å². The molecule has 0 saturated heterocycles. The summed E-state index contributed by atoms with van der Waals surface area (Å²) in [5, 5.41) is 4.43. The highest BCUT2D eigenvalue weighted by Crippen LogP contribution is 2.17. The Kier molecular flexibility index (Phi) is 5.98. The fraction of sp³-hybridized carbons (Fsp3) is 0.294. The second-order valence-corrected chi connectivity index (χ2v) is 5.93. The number of likely N-dealkylation sites (N-methyl/N-ethyl adjacent to an activating group) is 1. The molecule has 0 bridgehead atoms. The number of carbonyl (C=O) groups excluding carboxylic acids is 1. The molecule has 0 aliphatic heterocycles. The molecule has 2 rings (SSSR count). The first-order valence-corrected chi connectivity index (χ1v) is 8.11. The van der Waals surface area contributed by atoms with Crippen molar-refractivity contribution in [1.29, 1.82) is 0 Å². The average molecular weight is 378 g/mol. The highest BCUT2D eigenvalue weighted by molar-refractivity contribution is 9.10. The second-order valence-electron chi connectivity index (χ2n) is 5.08. The highest BCUT2D eigenvalue weighted by atomic mass is 79.9. The van der Waals surface area contributed by atoms with Crippen molar-refractivity contribution in [2.24, 2.45) is 0 Å². The highest BCUT2D eigenvalue weighted by Gasteiger charge is 2.11. The number of carbonyl (C=O) groups is 1. The van der Waals surface area contributed by atoms with Crippen molar-refractivity contribution in [3.05, 3.63) is 52.3 Å². The number of aryl methyl sites for hydroxylation is 1. The molecule has 2 aromatic rings. The zero-order valence-electron chi connectivity index (χ0n) is 13.5. The van der Waals surface area contributed by atoms with Gasteiger partial charge in [0.25, 0.3) is 0 Å². The van der Waals surface area contributed by atoms with Crippen LogP contribution in [0.3, 0.4) is 0 Å². The lowest BCUT2D eigenvalue weighted by atomic mass is 10.2. The molecule has 0 fully saturated rings. The first kappa shape index (κ1) is 17.3. The van der Waals surface area contributed by atoms with Crippen LogP contribution in [0.2, 0.25) is 0 Å². The van der Waals surface area contributed by atoms with E-state index >= 15 is 0 Å². The molecule has 1 amide bonds. The minimum atomic E-state index is -0.0706. The predicted molar refractivity (Wildman–Crippen MR) is 94.1 cm³/mol. The van der Waals surface area contributed by atoms with Crippen LogP contribution in [0, 0.1) is 0 Å². The first-order chi connectivity index (χ1) is 11.0. The molecule has 0 saturated carbocycles. The first-order valence-electron chi connectivity index (χ1n) is 7.32. The molecule has 0 aliphatic rings. The third kappa shape index (κ3) is 4.69. The summed E-state index contributed by atoms with van der Waals surface area (Å²) in [7, 11) is 3.39. The average Bonchev–Trinajstić information content (AvgIpc) is 2.93. The number of methoxy groups -OCH3 is 1. The van der Waals surface area contributed by atoms with Gasteiger partial charge in [0.2, 0.25) is 5.91 Å². The van der Waals surface area contributed by atoms with Crippen LogP contribution in [0.25, 0.3) is 6.08 Å². The molecule has 1 aromatic heterocycles. The van der Waals surface area contributed by atoms with Crippen molar-refractivity contribution < 1.29 is 9.53 Å². The normalized spacial score (nSPS) is 11.0. The van der Waals surface area contributed by atoms with Gasteiger partial charge in [-0.25, -0.2) is 0 Å². The maximum Gasteiger partial charge on any atom is 0.246 e. The molecule has 122 valence electrons. The van der Waals surface area contributed by atoms with E-state index in [1.54, 1.807) is 31.2 Å². The van der Waals surface area contributed by atoms with Crippen LogP contribution in [0.15, 0.2) is 41.0 Å². The summed E-state index contributed by atoms with van der Waals surface area (Å²) in [4.78, 5) is 13.8. The van der Waals surface area contributed by atoms with Crippen molar-refractivity contribution in [2.75, 3.05) is 14.2 Å². The fourth-order valence-corrected chi connectivity index (χ4v) is 2.46. The monoisotopic (exact) mass is 377 g/mol. The summed E-state index contributed by atoms with van der Waals surface area (Å²) >= 11 is 3.47. The zero-order valence-corrected chi connectivity index (χ0v) is 15.1. The smallest absolute Gasteiger partial charge is 0.246 e. The Bertz CT molecular complexity index is 692. The van der Waals surface area contributed by atoms with Gasteiger partial charge in [0.15, 0.2) is 0 Å². The second kappa shape index (κ2) is 7.97. The van der Waals surface area contributed by atoms with Crippen LogP contribution in [0.5, 0.6) is 5.75 Å². The molecule has 0 atom stereocenters. The Balaban J connectivity index is 1.98. The molecule has 0 spiro atoms. The summed E-state index contributed by atoms with van der Waals surface area (Å²) in [6.07, 6.45) is 5.27. The summed E-state index contributed by atoms with van der Waals surface area (Å²) in [6, 6.07) is 7.54. The number of aromatic nitrogens is 2. The Morgan fingerprint density at radius 3 is 2.65 bits per heavy atom. The maximum absolute atomic E-state index is 12.2. The van der Waals surface area contributed by atoms with Crippen LogP contribution in [-0.4, -0.2) is 34.7 Å². The molecule has 5 nitrogen and oxygen atoms in total. The van der Waals surface area contributed by atoms with Gasteiger partial charge >= 0.3 is 0 Å². The molecule has 1 heterocycles. The van der Waals surface area contributed by atoms with Gasteiger partial charge in [-0.1, -0.05) is 12.1 Å². The quantitative estimate of drug-likeness (QED) is 0.725. The molecule has 1 aromatic carbocycles. The third-order valence-corrected chi connectivity index (χ3v) is 4.07. The topological polar surface area (TPSA) is 47.4 Å². The minimum Gasteiger partial charge on any atom is -0.497 e. The molecular weight excluding hydrogens is 358 g/mol. The minimum absolute atomic E-state index is 0.0706. The largest absolute Gasteiger partial charge is 0.497 e. The molecule has 23 heavy (non-hydrogen) atoms. The fourth-order valence-electron chi connectivity index (χ4n) is 2.02. The Morgan fingerprint density at radius 1 is 1.39 bits per heavy atom. The van der Waals surface area contributed by atoms with Crippen molar-refractivity contribution in [3.8, 4) is 5.75 Å². The molecule has 0 radical (unpaired) electrons. The number of hydrogen-bond acceptors (Lipinski definition) is 3. The standard InChI is InChI=1S/C17H20BrN3O2/c1-4-21-11-15(18)16(19-21)12-20(2)17(22)10-7-13-5-8-14(23-3)9-6-13/h5-11H,4,12H2,1-3H3/b10-7+. The van der Waals surface area contributed by atoms with E-state index in [0.29, 0.717) is 6.54 Å². The number of benzene rings is 1. The van der Waals surface area contributed by atoms with Crippen LogP contribution >= 0.6 is 15.9 Å². The number of amides is 1. The lowest BCUT2D eigenvalue weighted by molar-refractivity contribution is -0.125.